The third-order valence-electron chi connectivity index (χ3n) is 3.96. The number of anilines is 4. The van der Waals surface area contributed by atoms with Gasteiger partial charge in [-0.05, 0) is 54.6 Å². The van der Waals surface area contributed by atoms with Gasteiger partial charge in [-0.15, -0.1) is 10.2 Å². The van der Waals surface area contributed by atoms with Crippen molar-refractivity contribution < 1.29 is 9.53 Å². The molecule has 0 saturated heterocycles. The Labute approximate surface area is 168 Å². The molecule has 0 atom stereocenters. The van der Waals surface area contributed by atoms with E-state index < -0.39 is 0 Å². The lowest BCUT2D eigenvalue weighted by molar-refractivity contribution is 0.102. The summed E-state index contributed by atoms with van der Waals surface area (Å²) < 4.78 is 5.09. The van der Waals surface area contributed by atoms with E-state index >= 15 is 0 Å². The molecular formula is C20H20ClN5O2. The SMILES string of the molecule is COc1ccc(NC(=O)c2ccc(Nc3ccc(N(C)C)cc3)nn2)cc1Cl. The molecule has 7 nitrogen and oxygen atoms in total. The zero-order valence-corrected chi connectivity index (χ0v) is 16.5. The molecule has 1 aromatic heterocycles. The Balaban J connectivity index is 1.64. The van der Waals surface area contributed by atoms with E-state index in [1.807, 2.05) is 43.3 Å². The van der Waals surface area contributed by atoms with Crippen LogP contribution in [0.15, 0.2) is 54.6 Å². The number of halogens is 1. The van der Waals surface area contributed by atoms with Gasteiger partial charge in [-0.1, -0.05) is 11.6 Å². The lowest BCUT2D eigenvalue weighted by Gasteiger charge is -2.13. The number of carbonyl (C=O) groups is 1. The monoisotopic (exact) mass is 397 g/mol. The number of nitrogens with one attached hydrogen (secondary N) is 2. The van der Waals surface area contributed by atoms with Gasteiger partial charge < -0.3 is 20.3 Å². The Bertz CT molecular complexity index is 959. The number of benzene rings is 2. The van der Waals surface area contributed by atoms with Gasteiger partial charge in [0.15, 0.2) is 11.5 Å². The molecule has 2 aromatic carbocycles. The molecule has 144 valence electrons. The summed E-state index contributed by atoms with van der Waals surface area (Å²) >= 11 is 6.07. The first-order valence-corrected chi connectivity index (χ1v) is 8.87. The molecule has 0 aliphatic heterocycles. The molecule has 0 bridgehead atoms. The number of hydrogen-bond acceptors (Lipinski definition) is 6. The van der Waals surface area contributed by atoms with Crippen molar-refractivity contribution in [2.24, 2.45) is 0 Å². The summed E-state index contributed by atoms with van der Waals surface area (Å²) in [5.74, 6) is 0.700. The minimum Gasteiger partial charge on any atom is -0.495 e. The van der Waals surface area contributed by atoms with Gasteiger partial charge >= 0.3 is 0 Å². The number of amides is 1. The highest BCUT2D eigenvalue weighted by molar-refractivity contribution is 6.32. The Morgan fingerprint density at radius 3 is 2.29 bits per heavy atom. The van der Waals surface area contributed by atoms with E-state index in [0.29, 0.717) is 22.3 Å². The number of rotatable bonds is 6. The van der Waals surface area contributed by atoms with E-state index in [1.54, 1.807) is 30.3 Å². The van der Waals surface area contributed by atoms with Gasteiger partial charge in [0, 0.05) is 31.2 Å². The van der Waals surface area contributed by atoms with E-state index in [1.165, 1.54) is 7.11 Å². The van der Waals surface area contributed by atoms with E-state index in [9.17, 15) is 4.79 Å². The topological polar surface area (TPSA) is 79.4 Å². The molecular weight excluding hydrogens is 378 g/mol. The fraction of sp³-hybridized carbons (Fsp3) is 0.150. The fourth-order valence-electron chi connectivity index (χ4n) is 2.45. The highest BCUT2D eigenvalue weighted by Crippen LogP contribution is 2.27. The van der Waals surface area contributed by atoms with Gasteiger partial charge in [0.1, 0.15) is 5.75 Å². The van der Waals surface area contributed by atoms with Crippen molar-refractivity contribution in [3.63, 3.8) is 0 Å². The number of carbonyl (C=O) groups excluding carboxylic acids is 1. The Hall–Kier alpha value is -3.32. The smallest absolute Gasteiger partial charge is 0.276 e. The van der Waals surface area contributed by atoms with Crippen LogP contribution in [0.2, 0.25) is 5.02 Å². The van der Waals surface area contributed by atoms with Crippen molar-refractivity contribution in [1.29, 1.82) is 0 Å². The fourth-order valence-corrected chi connectivity index (χ4v) is 2.71. The summed E-state index contributed by atoms with van der Waals surface area (Å²) in [5.41, 5.74) is 2.72. The van der Waals surface area contributed by atoms with Crippen molar-refractivity contribution in [3.05, 3.63) is 65.3 Å². The van der Waals surface area contributed by atoms with Crippen LogP contribution in [0, 0.1) is 0 Å². The van der Waals surface area contributed by atoms with Crippen LogP contribution in [-0.4, -0.2) is 37.3 Å². The quantitative estimate of drug-likeness (QED) is 0.649. The third kappa shape index (κ3) is 4.69. The first-order valence-electron chi connectivity index (χ1n) is 8.49. The van der Waals surface area contributed by atoms with E-state index in [2.05, 4.69) is 20.8 Å². The van der Waals surface area contributed by atoms with Crippen LogP contribution in [0.3, 0.4) is 0 Å². The minimum atomic E-state index is -0.379. The molecule has 0 aliphatic rings. The molecule has 3 aromatic rings. The first-order chi connectivity index (χ1) is 13.5. The minimum absolute atomic E-state index is 0.195. The Morgan fingerprint density at radius 1 is 1.00 bits per heavy atom. The van der Waals surface area contributed by atoms with Crippen LogP contribution in [0.4, 0.5) is 22.9 Å². The summed E-state index contributed by atoms with van der Waals surface area (Å²) in [7, 11) is 5.50. The molecule has 0 radical (unpaired) electrons. The van der Waals surface area contributed by atoms with Crippen LogP contribution in [0.1, 0.15) is 10.5 Å². The average Bonchev–Trinajstić information content (AvgIpc) is 2.69. The molecule has 2 N–H and O–H groups in total. The molecule has 0 saturated carbocycles. The molecule has 0 unspecified atom stereocenters. The second kappa shape index (κ2) is 8.58. The number of methoxy groups -OCH3 is 1. The molecule has 1 heterocycles. The summed E-state index contributed by atoms with van der Waals surface area (Å²) in [6.07, 6.45) is 0. The standard InChI is InChI=1S/C20H20ClN5O2/c1-26(2)15-7-4-13(5-8-15)22-19-11-9-17(24-25-19)20(27)23-14-6-10-18(28-3)16(21)12-14/h4-12H,1-3H3,(H,22,25)(H,23,27). The van der Waals surface area contributed by atoms with Crippen LogP contribution < -0.4 is 20.3 Å². The van der Waals surface area contributed by atoms with E-state index in [-0.39, 0.29) is 11.6 Å². The predicted octanol–water partition coefficient (Wildman–Crippen LogP) is 4.20. The van der Waals surface area contributed by atoms with Crippen molar-refractivity contribution in [3.8, 4) is 5.75 Å². The third-order valence-corrected chi connectivity index (χ3v) is 4.26. The highest BCUT2D eigenvalue weighted by atomic mass is 35.5. The van der Waals surface area contributed by atoms with Crippen molar-refractivity contribution in [2.45, 2.75) is 0 Å². The average molecular weight is 398 g/mol. The van der Waals surface area contributed by atoms with Gasteiger partial charge in [-0.3, -0.25) is 4.79 Å². The van der Waals surface area contributed by atoms with Gasteiger partial charge in [-0.2, -0.15) is 0 Å². The zero-order valence-electron chi connectivity index (χ0n) is 15.7. The van der Waals surface area contributed by atoms with Crippen molar-refractivity contribution in [1.82, 2.24) is 10.2 Å². The number of aromatic nitrogens is 2. The van der Waals surface area contributed by atoms with E-state index in [4.69, 9.17) is 16.3 Å². The lowest BCUT2D eigenvalue weighted by atomic mass is 10.2. The van der Waals surface area contributed by atoms with Crippen molar-refractivity contribution in [2.75, 3.05) is 36.7 Å². The summed E-state index contributed by atoms with van der Waals surface area (Å²) in [5, 5.41) is 14.3. The van der Waals surface area contributed by atoms with Gasteiger partial charge in [-0.25, -0.2) is 0 Å². The molecule has 28 heavy (non-hydrogen) atoms. The van der Waals surface area contributed by atoms with E-state index in [0.717, 1.165) is 11.4 Å². The van der Waals surface area contributed by atoms with Gasteiger partial charge in [0.2, 0.25) is 0 Å². The van der Waals surface area contributed by atoms with Gasteiger partial charge in [0.05, 0.1) is 12.1 Å². The van der Waals surface area contributed by atoms with Crippen LogP contribution in [-0.2, 0) is 0 Å². The van der Waals surface area contributed by atoms with Crippen LogP contribution in [0.25, 0.3) is 0 Å². The maximum Gasteiger partial charge on any atom is 0.276 e. The number of ether oxygens (including phenoxy) is 1. The molecule has 3 rings (SSSR count). The normalized spacial score (nSPS) is 10.3. The zero-order chi connectivity index (χ0) is 20.1. The van der Waals surface area contributed by atoms with Crippen LogP contribution in [0.5, 0.6) is 5.75 Å². The first kappa shape index (κ1) is 19.4. The lowest BCUT2D eigenvalue weighted by Crippen LogP contribution is -2.14. The molecule has 1 amide bonds. The molecule has 8 heteroatoms. The van der Waals surface area contributed by atoms with Crippen LogP contribution >= 0.6 is 11.6 Å². The van der Waals surface area contributed by atoms with Gasteiger partial charge in [0.25, 0.3) is 5.91 Å². The molecule has 0 spiro atoms. The largest absolute Gasteiger partial charge is 0.495 e. The molecule has 0 aliphatic carbocycles. The second-order valence-electron chi connectivity index (χ2n) is 6.17. The highest BCUT2D eigenvalue weighted by Gasteiger charge is 2.10. The van der Waals surface area contributed by atoms with Crippen molar-refractivity contribution >= 4 is 40.4 Å². The summed E-state index contributed by atoms with van der Waals surface area (Å²) in [4.78, 5) is 14.4. The number of nitrogens with zero attached hydrogens (tertiary/aromatic N) is 3. The summed E-state index contributed by atoms with van der Waals surface area (Å²) in [6, 6.07) is 16.2. The second-order valence-corrected chi connectivity index (χ2v) is 6.58. The molecule has 0 fully saturated rings. The Morgan fingerprint density at radius 2 is 1.71 bits per heavy atom. The Kier molecular flexibility index (Phi) is 5.96. The maximum atomic E-state index is 12.3. The predicted molar refractivity (Wildman–Crippen MR) is 112 cm³/mol. The summed E-state index contributed by atoms with van der Waals surface area (Å²) in [6.45, 7) is 0. The number of hydrogen-bond donors (Lipinski definition) is 2. The maximum absolute atomic E-state index is 12.3.